The van der Waals surface area contributed by atoms with E-state index < -0.39 is 11.5 Å². The topological polar surface area (TPSA) is 84.3 Å². The summed E-state index contributed by atoms with van der Waals surface area (Å²) in [6.07, 6.45) is 5.72. The Morgan fingerprint density at radius 2 is 2.19 bits per heavy atom. The van der Waals surface area contributed by atoms with Crippen molar-refractivity contribution in [3.05, 3.63) is 12.3 Å². The maximum absolute atomic E-state index is 11.7. The van der Waals surface area contributed by atoms with Gasteiger partial charge in [0.25, 0.3) is 0 Å². The second kappa shape index (κ2) is 6.74. The molecule has 1 saturated carbocycles. The third kappa shape index (κ3) is 3.62. The van der Waals surface area contributed by atoms with E-state index >= 15 is 0 Å². The molecule has 0 aromatic carbocycles. The average molecular weight is 293 g/mol. The van der Waals surface area contributed by atoms with E-state index in [9.17, 15) is 9.90 Å². The van der Waals surface area contributed by atoms with Gasteiger partial charge in [-0.2, -0.15) is 4.98 Å². The Hall–Kier alpha value is -1.85. The lowest BCUT2D eigenvalue weighted by Crippen LogP contribution is -2.49. The fourth-order valence-corrected chi connectivity index (χ4v) is 2.82. The van der Waals surface area contributed by atoms with E-state index in [2.05, 4.69) is 22.2 Å². The highest BCUT2D eigenvalue weighted by Gasteiger charge is 2.42. The molecule has 0 aliphatic heterocycles. The summed E-state index contributed by atoms with van der Waals surface area (Å²) >= 11 is 0. The summed E-state index contributed by atoms with van der Waals surface area (Å²) in [5, 5.41) is 12.7. The zero-order chi connectivity index (χ0) is 15.3. The summed E-state index contributed by atoms with van der Waals surface area (Å²) < 4.78 is 5.32. The van der Waals surface area contributed by atoms with E-state index in [-0.39, 0.29) is 0 Å². The maximum atomic E-state index is 11.7. The van der Waals surface area contributed by atoms with Gasteiger partial charge in [-0.3, -0.25) is 0 Å². The molecule has 1 heterocycles. The molecule has 2 rings (SSSR count). The van der Waals surface area contributed by atoms with Gasteiger partial charge in [0, 0.05) is 12.3 Å². The number of anilines is 1. The fraction of sp³-hybridized carbons (Fsp3) is 0.667. The second-order valence-electron chi connectivity index (χ2n) is 5.52. The van der Waals surface area contributed by atoms with E-state index in [1.165, 1.54) is 0 Å². The first-order valence-electron chi connectivity index (χ1n) is 7.57. The molecule has 21 heavy (non-hydrogen) atoms. The van der Waals surface area contributed by atoms with Gasteiger partial charge in [-0.1, -0.05) is 13.3 Å². The van der Waals surface area contributed by atoms with Gasteiger partial charge in [-0.25, -0.2) is 9.78 Å². The van der Waals surface area contributed by atoms with Gasteiger partial charge in [0.05, 0.1) is 6.61 Å². The smallest absolute Gasteiger partial charge is 0.329 e. The number of hydrogen-bond donors (Lipinski definition) is 2. The fourth-order valence-electron chi connectivity index (χ4n) is 2.82. The van der Waals surface area contributed by atoms with E-state index in [4.69, 9.17) is 4.74 Å². The molecule has 6 nitrogen and oxygen atoms in total. The van der Waals surface area contributed by atoms with Gasteiger partial charge >= 0.3 is 5.97 Å². The number of carboxylic acid groups (broad SMARTS) is 1. The number of nitrogens with one attached hydrogen (secondary N) is 1. The predicted molar refractivity (Wildman–Crippen MR) is 79.4 cm³/mol. The van der Waals surface area contributed by atoms with Crippen molar-refractivity contribution in [3.63, 3.8) is 0 Å². The summed E-state index contributed by atoms with van der Waals surface area (Å²) in [7, 11) is 0. The van der Waals surface area contributed by atoms with E-state index in [1.54, 1.807) is 12.3 Å². The van der Waals surface area contributed by atoms with E-state index in [0.717, 1.165) is 19.3 Å². The second-order valence-corrected chi connectivity index (χ2v) is 5.52. The number of ether oxygens (including phenoxy) is 1. The van der Waals surface area contributed by atoms with E-state index in [0.29, 0.717) is 37.2 Å². The largest absolute Gasteiger partial charge is 0.480 e. The van der Waals surface area contributed by atoms with Crippen molar-refractivity contribution in [1.82, 2.24) is 9.97 Å². The summed E-state index contributed by atoms with van der Waals surface area (Å²) in [6, 6.07) is 1.66. The van der Waals surface area contributed by atoms with Crippen LogP contribution in [0, 0.1) is 5.92 Å². The molecular formula is C15H23N3O3. The zero-order valence-electron chi connectivity index (χ0n) is 12.6. The van der Waals surface area contributed by atoms with Crippen molar-refractivity contribution >= 4 is 11.9 Å². The van der Waals surface area contributed by atoms with Crippen molar-refractivity contribution in [3.8, 4) is 5.88 Å². The van der Waals surface area contributed by atoms with Gasteiger partial charge in [0.1, 0.15) is 5.54 Å². The first-order valence-corrected chi connectivity index (χ1v) is 7.57. The number of rotatable bonds is 6. The zero-order valence-corrected chi connectivity index (χ0v) is 12.6. The number of aliphatic carboxylic acids is 1. The van der Waals surface area contributed by atoms with Gasteiger partial charge < -0.3 is 15.2 Å². The van der Waals surface area contributed by atoms with Crippen LogP contribution < -0.4 is 10.1 Å². The number of hydrogen-bond acceptors (Lipinski definition) is 5. The Morgan fingerprint density at radius 3 is 2.76 bits per heavy atom. The van der Waals surface area contributed by atoms with Crippen LogP contribution in [0.25, 0.3) is 0 Å². The monoisotopic (exact) mass is 293 g/mol. The molecule has 1 aliphatic carbocycles. The minimum absolute atomic E-state index is 0.318. The molecule has 0 bridgehead atoms. The first-order chi connectivity index (χ1) is 10.1. The lowest BCUT2D eigenvalue weighted by molar-refractivity contribution is -0.143. The van der Waals surface area contributed by atoms with Crippen LogP contribution in [0.2, 0.25) is 0 Å². The Labute approximate surface area is 124 Å². The van der Waals surface area contributed by atoms with Crippen molar-refractivity contribution in [1.29, 1.82) is 0 Å². The van der Waals surface area contributed by atoms with Gasteiger partial charge in [-0.15, -0.1) is 0 Å². The molecule has 6 heteroatoms. The molecule has 1 fully saturated rings. The molecule has 2 N–H and O–H groups in total. The molecule has 116 valence electrons. The van der Waals surface area contributed by atoms with Crippen molar-refractivity contribution < 1.29 is 14.6 Å². The van der Waals surface area contributed by atoms with Crippen LogP contribution in [-0.4, -0.2) is 33.2 Å². The van der Waals surface area contributed by atoms with Crippen LogP contribution >= 0.6 is 0 Å². The summed E-state index contributed by atoms with van der Waals surface area (Å²) in [5.41, 5.74) is -0.962. The average Bonchev–Trinajstić information content (AvgIpc) is 2.48. The molecule has 0 unspecified atom stereocenters. The lowest BCUT2D eigenvalue weighted by atomic mass is 9.75. The quantitative estimate of drug-likeness (QED) is 0.839. The third-order valence-electron chi connectivity index (χ3n) is 4.22. The maximum Gasteiger partial charge on any atom is 0.329 e. The Balaban J connectivity index is 2.13. The molecule has 0 radical (unpaired) electrons. The van der Waals surface area contributed by atoms with Crippen LogP contribution in [0.3, 0.4) is 0 Å². The van der Waals surface area contributed by atoms with Gasteiger partial charge in [0.2, 0.25) is 11.8 Å². The third-order valence-corrected chi connectivity index (χ3v) is 4.22. The normalized spacial score (nSPS) is 25.3. The minimum atomic E-state index is -0.962. The van der Waals surface area contributed by atoms with Crippen LogP contribution in [0.4, 0.5) is 5.95 Å². The summed E-state index contributed by atoms with van der Waals surface area (Å²) in [6.45, 7) is 4.54. The molecule has 0 amide bonds. The number of carbonyl (C=O) groups is 1. The van der Waals surface area contributed by atoms with Gasteiger partial charge in [-0.05, 0) is 38.5 Å². The van der Waals surface area contributed by atoms with Crippen molar-refractivity contribution in [2.24, 2.45) is 5.92 Å². The van der Waals surface area contributed by atoms with Crippen LogP contribution in [0.15, 0.2) is 12.3 Å². The van der Waals surface area contributed by atoms with E-state index in [1.807, 2.05) is 6.92 Å². The van der Waals surface area contributed by atoms with Crippen LogP contribution in [0.1, 0.15) is 46.0 Å². The summed E-state index contributed by atoms with van der Waals surface area (Å²) in [5.74, 6) is 0.563. The Morgan fingerprint density at radius 1 is 1.48 bits per heavy atom. The van der Waals surface area contributed by atoms with Crippen LogP contribution in [0.5, 0.6) is 5.88 Å². The molecule has 0 spiro atoms. The SMILES string of the molecule is CCOc1ccnc(NC2(C(=O)O)CCC(CC)CC2)n1. The first kappa shape index (κ1) is 15.5. The molecule has 1 aliphatic rings. The molecule has 1 aromatic heterocycles. The van der Waals surface area contributed by atoms with Gasteiger partial charge in [0.15, 0.2) is 0 Å². The van der Waals surface area contributed by atoms with Crippen molar-refractivity contribution in [2.75, 3.05) is 11.9 Å². The van der Waals surface area contributed by atoms with Crippen LogP contribution in [-0.2, 0) is 4.79 Å². The lowest BCUT2D eigenvalue weighted by Gasteiger charge is -2.37. The molecule has 0 saturated heterocycles. The van der Waals surface area contributed by atoms with Crippen molar-refractivity contribution in [2.45, 2.75) is 51.5 Å². The standard InChI is InChI=1S/C15H23N3O3/c1-3-11-5-8-15(9-6-11,13(19)20)18-14-16-10-7-12(17-14)21-4-2/h7,10-11H,3-6,8-9H2,1-2H3,(H,19,20)(H,16,17,18). The summed E-state index contributed by atoms with van der Waals surface area (Å²) in [4.78, 5) is 20.1. The highest BCUT2D eigenvalue weighted by Crippen LogP contribution is 2.36. The predicted octanol–water partition coefficient (Wildman–Crippen LogP) is 2.71. The Kier molecular flexibility index (Phi) is 4.98. The number of carboxylic acids is 1. The number of aromatic nitrogens is 2. The molecular weight excluding hydrogens is 270 g/mol. The highest BCUT2D eigenvalue weighted by atomic mass is 16.5. The molecule has 0 atom stereocenters. The molecule has 1 aromatic rings. The highest BCUT2D eigenvalue weighted by molar-refractivity contribution is 5.82. The minimum Gasteiger partial charge on any atom is -0.480 e. The number of nitrogens with zero attached hydrogens (tertiary/aromatic N) is 2. The Bertz CT molecular complexity index is 485.